The summed E-state index contributed by atoms with van der Waals surface area (Å²) < 4.78 is 5.10. The fourth-order valence-corrected chi connectivity index (χ4v) is 2.85. The van der Waals surface area contributed by atoms with E-state index < -0.39 is 0 Å². The number of esters is 1. The summed E-state index contributed by atoms with van der Waals surface area (Å²) in [5.41, 5.74) is 0. The van der Waals surface area contributed by atoms with E-state index in [2.05, 4.69) is 4.90 Å². The monoisotopic (exact) mass is 211 g/mol. The van der Waals surface area contributed by atoms with Gasteiger partial charge in [-0.3, -0.25) is 9.69 Å². The summed E-state index contributed by atoms with van der Waals surface area (Å²) in [6.45, 7) is 4.51. The van der Waals surface area contributed by atoms with Crippen LogP contribution >= 0.6 is 0 Å². The maximum Gasteiger partial charge on any atom is 0.310 e. The molecule has 2 heterocycles. The lowest BCUT2D eigenvalue weighted by atomic mass is 9.87. The molecule has 0 radical (unpaired) electrons. The third kappa shape index (κ3) is 2.51. The fourth-order valence-electron chi connectivity index (χ4n) is 2.85. The first-order valence-electron chi connectivity index (χ1n) is 6.22. The molecule has 0 aromatic carbocycles. The zero-order valence-electron chi connectivity index (χ0n) is 9.58. The van der Waals surface area contributed by atoms with Crippen molar-refractivity contribution >= 4 is 5.97 Å². The molecule has 0 aromatic heterocycles. The van der Waals surface area contributed by atoms with E-state index in [0.717, 1.165) is 19.0 Å². The van der Waals surface area contributed by atoms with Crippen molar-refractivity contribution < 1.29 is 9.53 Å². The highest BCUT2D eigenvalue weighted by Crippen LogP contribution is 2.29. The number of ether oxygens (including phenoxy) is 1. The molecule has 0 spiro atoms. The van der Waals surface area contributed by atoms with Crippen LogP contribution in [0.1, 0.15) is 39.0 Å². The Labute approximate surface area is 91.8 Å². The Bertz CT molecular complexity index is 230. The molecule has 15 heavy (non-hydrogen) atoms. The molecule has 0 unspecified atom stereocenters. The third-order valence-electron chi connectivity index (χ3n) is 3.67. The van der Waals surface area contributed by atoms with E-state index in [1.807, 2.05) is 6.92 Å². The number of nitrogens with zero attached hydrogens (tertiary/aromatic N) is 1. The third-order valence-corrected chi connectivity index (χ3v) is 3.67. The predicted molar refractivity (Wildman–Crippen MR) is 58.6 cm³/mol. The molecule has 2 rings (SSSR count). The standard InChI is InChI=1S/C12H21NO2/c1-2-15-12(14)10-6-7-11-5-3-4-8-13(11)9-10/h10-11H,2-9H2,1H3/t10-,11-/m0/s1. The summed E-state index contributed by atoms with van der Waals surface area (Å²) >= 11 is 0. The SMILES string of the molecule is CCOC(=O)[C@H]1CC[C@@H]2CCCCN2C1. The molecule has 0 aromatic rings. The van der Waals surface area contributed by atoms with Crippen LogP contribution in [0, 0.1) is 5.92 Å². The summed E-state index contributed by atoms with van der Waals surface area (Å²) in [6, 6.07) is 0.754. The van der Waals surface area contributed by atoms with Gasteiger partial charge in [-0.2, -0.15) is 0 Å². The van der Waals surface area contributed by atoms with E-state index >= 15 is 0 Å². The van der Waals surface area contributed by atoms with Gasteiger partial charge in [-0.05, 0) is 39.2 Å². The zero-order valence-corrected chi connectivity index (χ0v) is 9.58. The van der Waals surface area contributed by atoms with Gasteiger partial charge in [0.15, 0.2) is 0 Å². The maximum absolute atomic E-state index is 11.6. The average molecular weight is 211 g/mol. The van der Waals surface area contributed by atoms with Crippen LogP contribution in [-0.2, 0) is 9.53 Å². The molecule has 0 N–H and O–H groups in total. The lowest BCUT2D eigenvalue weighted by Crippen LogP contribution is -2.48. The molecule has 0 bridgehead atoms. The number of carbonyl (C=O) groups is 1. The normalized spacial score (nSPS) is 32.1. The van der Waals surface area contributed by atoms with Gasteiger partial charge < -0.3 is 4.74 Å². The minimum absolute atomic E-state index is 0.0153. The quantitative estimate of drug-likeness (QED) is 0.652. The average Bonchev–Trinajstić information content (AvgIpc) is 2.29. The molecular weight excluding hydrogens is 190 g/mol. The second-order valence-electron chi connectivity index (χ2n) is 4.67. The Kier molecular flexibility index (Phi) is 3.62. The molecular formula is C12H21NO2. The van der Waals surface area contributed by atoms with Gasteiger partial charge in [0.2, 0.25) is 0 Å². The molecule has 2 fully saturated rings. The molecule has 2 aliphatic rings. The molecule has 0 saturated carbocycles. The highest BCUT2D eigenvalue weighted by Gasteiger charge is 2.33. The Hall–Kier alpha value is -0.570. The Morgan fingerprint density at radius 2 is 2.20 bits per heavy atom. The predicted octanol–water partition coefficient (Wildman–Crippen LogP) is 1.81. The first kappa shape index (κ1) is 10.9. The van der Waals surface area contributed by atoms with Gasteiger partial charge in [0.25, 0.3) is 0 Å². The topological polar surface area (TPSA) is 29.5 Å². The highest BCUT2D eigenvalue weighted by atomic mass is 16.5. The van der Waals surface area contributed by atoms with Crippen LogP contribution in [0.25, 0.3) is 0 Å². The zero-order chi connectivity index (χ0) is 10.7. The molecule has 3 heteroatoms. The minimum Gasteiger partial charge on any atom is -0.466 e. The number of hydrogen-bond acceptors (Lipinski definition) is 3. The highest BCUT2D eigenvalue weighted by molar-refractivity contribution is 5.72. The van der Waals surface area contributed by atoms with E-state index in [1.54, 1.807) is 0 Å². The van der Waals surface area contributed by atoms with E-state index in [-0.39, 0.29) is 11.9 Å². The van der Waals surface area contributed by atoms with Gasteiger partial charge >= 0.3 is 5.97 Å². The van der Waals surface area contributed by atoms with Crippen molar-refractivity contribution in [2.75, 3.05) is 19.7 Å². The lowest BCUT2D eigenvalue weighted by molar-refractivity contribution is -0.150. The van der Waals surface area contributed by atoms with Crippen LogP contribution < -0.4 is 0 Å². The van der Waals surface area contributed by atoms with E-state index in [1.165, 1.54) is 32.2 Å². The van der Waals surface area contributed by atoms with Crippen molar-refractivity contribution in [1.29, 1.82) is 0 Å². The van der Waals surface area contributed by atoms with Gasteiger partial charge in [0, 0.05) is 12.6 Å². The summed E-state index contributed by atoms with van der Waals surface area (Å²) in [5, 5.41) is 0. The largest absolute Gasteiger partial charge is 0.466 e. The van der Waals surface area contributed by atoms with Gasteiger partial charge in [0.1, 0.15) is 0 Å². The number of rotatable bonds is 2. The molecule has 0 aliphatic carbocycles. The van der Waals surface area contributed by atoms with Gasteiger partial charge in [0.05, 0.1) is 12.5 Å². The van der Waals surface area contributed by atoms with Crippen molar-refractivity contribution in [2.45, 2.75) is 45.1 Å². The summed E-state index contributed by atoms with van der Waals surface area (Å²) in [5.74, 6) is 0.154. The van der Waals surface area contributed by atoms with Crippen LogP contribution in [0.2, 0.25) is 0 Å². The van der Waals surface area contributed by atoms with Gasteiger partial charge in [-0.25, -0.2) is 0 Å². The first-order chi connectivity index (χ1) is 7.31. The van der Waals surface area contributed by atoms with Crippen LogP contribution in [0.4, 0.5) is 0 Å². The summed E-state index contributed by atoms with van der Waals surface area (Å²) in [4.78, 5) is 14.1. The summed E-state index contributed by atoms with van der Waals surface area (Å²) in [6.07, 6.45) is 6.20. The van der Waals surface area contributed by atoms with Crippen LogP contribution in [0.3, 0.4) is 0 Å². The molecule has 0 amide bonds. The van der Waals surface area contributed by atoms with Crippen LogP contribution in [0.5, 0.6) is 0 Å². The second kappa shape index (κ2) is 4.97. The van der Waals surface area contributed by atoms with Crippen molar-refractivity contribution in [3.05, 3.63) is 0 Å². The van der Waals surface area contributed by atoms with Gasteiger partial charge in [-0.1, -0.05) is 6.42 Å². The van der Waals surface area contributed by atoms with Crippen molar-refractivity contribution in [3.63, 3.8) is 0 Å². The van der Waals surface area contributed by atoms with Crippen molar-refractivity contribution in [1.82, 2.24) is 4.90 Å². The van der Waals surface area contributed by atoms with Gasteiger partial charge in [-0.15, -0.1) is 0 Å². The van der Waals surface area contributed by atoms with Crippen LogP contribution in [-0.4, -0.2) is 36.6 Å². The molecule has 86 valence electrons. The summed E-state index contributed by atoms with van der Waals surface area (Å²) in [7, 11) is 0. The van der Waals surface area contributed by atoms with Crippen molar-refractivity contribution in [3.8, 4) is 0 Å². The van der Waals surface area contributed by atoms with Crippen molar-refractivity contribution in [2.24, 2.45) is 5.92 Å². The second-order valence-corrected chi connectivity index (χ2v) is 4.67. The number of carbonyl (C=O) groups excluding carboxylic acids is 1. The first-order valence-corrected chi connectivity index (χ1v) is 6.22. The maximum atomic E-state index is 11.6. The number of piperidine rings is 2. The number of fused-ring (bicyclic) bond motifs is 1. The Morgan fingerprint density at radius 1 is 1.33 bits per heavy atom. The van der Waals surface area contributed by atoms with E-state index in [9.17, 15) is 4.79 Å². The number of hydrogen-bond donors (Lipinski definition) is 0. The van der Waals surface area contributed by atoms with E-state index in [0.29, 0.717) is 6.61 Å². The minimum atomic E-state index is 0.0153. The van der Waals surface area contributed by atoms with E-state index in [4.69, 9.17) is 4.74 Å². The van der Waals surface area contributed by atoms with Crippen LogP contribution in [0.15, 0.2) is 0 Å². The smallest absolute Gasteiger partial charge is 0.310 e. The molecule has 2 atom stereocenters. The lowest BCUT2D eigenvalue weighted by Gasteiger charge is -2.41. The molecule has 2 saturated heterocycles. The Balaban J connectivity index is 1.87. The molecule has 2 aliphatic heterocycles. The fraction of sp³-hybridized carbons (Fsp3) is 0.917. The Morgan fingerprint density at radius 3 is 3.00 bits per heavy atom. The molecule has 3 nitrogen and oxygen atoms in total.